The number of nitrogens with zero attached hydrogens (tertiary/aromatic N) is 1. The van der Waals surface area contributed by atoms with E-state index in [1.165, 1.54) is 0 Å². The monoisotopic (exact) mass is 300 g/mol. The van der Waals surface area contributed by atoms with Crippen LogP contribution in [0.2, 0.25) is 0 Å². The average Bonchev–Trinajstić information content (AvgIpc) is 2.73. The molecule has 1 heterocycles. The summed E-state index contributed by atoms with van der Waals surface area (Å²) in [5.41, 5.74) is 0. The fourth-order valence-corrected chi connectivity index (χ4v) is 2.48. The zero-order chi connectivity index (χ0) is 15.8. The third-order valence-electron chi connectivity index (χ3n) is 3.57. The van der Waals surface area contributed by atoms with Crippen molar-refractivity contribution in [2.24, 2.45) is 5.92 Å². The van der Waals surface area contributed by atoms with Crippen LogP contribution in [0.15, 0.2) is 0 Å². The van der Waals surface area contributed by atoms with Crippen LogP contribution in [0, 0.1) is 5.92 Å². The molecule has 1 saturated heterocycles. The Balaban J connectivity index is 2.29. The topological polar surface area (TPSA) is 78.9 Å². The average molecular weight is 300 g/mol. The van der Waals surface area contributed by atoms with Gasteiger partial charge in [-0.15, -0.1) is 0 Å². The van der Waals surface area contributed by atoms with Gasteiger partial charge in [0.25, 0.3) is 0 Å². The van der Waals surface area contributed by atoms with Gasteiger partial charge in [0.2, 0.25) is 0 Å². The van der Waals surface area contributed by atoms with E-state index < -0.39 is 6.23 Å². The van der Waals surface area contributed by atoms with E-state index in [-0.39, 0.29) is 17.8 Å². The molecule has 122 valence electrons. The minimum absolute atomic E-state index is 0.104. The van der Waals surface area contributed by atoms with Crippen LogP contribution in [0.4, 0.5) is 0 Å². The first-order valence-corrected chi connectivity index (χ1v) is 7.80. The maximum atomic E-state index is 11.8. The Bertz CT molecular complexity index is 347. The third kappa shape index (κ3) is 6.11. The Morgan fingerprint density at radius 2 is 2.24 bits per heavy atom. The predicted molar refractivity (Wildman–Crippen MR) is 79.7 cm³/mol. The van der Waals surface area contributed by atoms with E-state index in [2.05, 4.69) is 19.2 Å². The summed E-state index contributed by atoms with van der Waals surface area (Å²) < 4.78 is 5.07. The van der Waals surface area contributed by atoms with Gasteiger partial charge in [0.15, 0.2) is 12.0 Å². The van der Waals surface area contributed by atoms with Gasteiger partial charge in [0.1, 0.15) is 6.04 Å². The number of ketones is 1. The van der Waals surface area contributed by atoms with Crippen molar-refractivity contribution in [3.63, 3.8) is 0 Å². The van der Waals surface area contributed by atoms with Crippen LogP contribution in [0.5, 0.6) is 0 Å². The summed E-state index contributed by atoms with van der Waals surface area (Å²) in [5.74, 6) is 0.0969. The standard InChI is InChI=1S/C15H28N2O4/c1-4-21-15(20)12(10-11(2)3)16-7-5-8-17-9-6-13(18)14(17)19/h11-12,14,16,19H,4-10H2,1-3H3/t12-,14?/m0/s1. The molecule has 21 heavy (non-hydrogen) atoms. The van der Waals surface area contributed by atoms with E-state index in [0.717, 1.165) is 12.8 Å². The molecule has 0 amide bonds. The van der Waals surface area contributed by atoms with Crippen LogP contribution in [0.3, 0.4) is 0 Å². The summed E-state index contributed by atoms with van der Waals surface area (Å²) in [4.78, 5) is 24.9. The number of likely N-dealkylation sites (tertiary alicyclic amines) is 1. The van der Waals surface area contributed by atoms with E-state index in [0.29, 0.717) is 38.6 Å². The van der Waals surface area contributed by atoms with Crippen molar-refractivity contribution in [1.82, 2.24) is 10.2 Å². The highest BCUT2D eigenvalue weighted by molar-refractivity contribution is 5.84. The number of nitrogens with one attached hydrogen (secondary N) is 1. The van der Waals surface area contributed by atoms with Crippen molar-refractivity contribution in [3.8, 4) is 0 Å². The van der Waals surface area contributed by atoms with Gasteiger partial charge in [0, 0.05) is 19.5 Å². The molecule has 1 aliphatic rings. The second kappa shape index (κ2) is 9.12. The number of aliphatic hydroxyl groups is 1. The first kappa shape index (κ1) is 18.1. The molecule has 1 fully saturated rings. The van der Waals surface area contributed by atoms with Crippen molar-refractivity contribution in [1.29, 1.82) is 0 Å². The molecule has 0 aromatic rings. The molecular formula is C15H28N2O4. The number of hydrogen-bond donors (Lipinski definition) is 2. The van der Waals surface area contributed by atoms with Crippen LogP contribution in [-0.4, -0.2) is 60.3 Å². The van der Waals surface area contributed by atoms with Crippen LogP contribution in [0.1, 0.15) is 40.0 Å². The lowest BCUT2D eigenvalue weighted by atomic mass is 10.0. The Labute approximate surface area is 126 Å². The lowest BCUT2D eigenvalue weighted by Crippen LogP contribution is -2.41. The molecule has 0 spiro atoms. The third-order valence-corrected chi connectivity index (χ3v) is 3.57. The summed E-state index contributed by atoms with van der Waals surface area (Å²) in [6.45, 7) is 8.26. The second-order valence-corrected chi connectivity index (χ2v) is 5.87. The minimum Gasteiger partial charge on any atom is -0.465 e. The van der Waals surface area contributed by atoms with E-state index >= 15 is 0 Å². The molecule has 0 aromatic carbocycles. The first-order chi connectivity index (χ1) is 9.95. The number of carbonyl (C=O) groups is 2. The molecule has 2 atom stereocenters. The predicted octanol–water partition coefficient (Wildman–Crippen LogP) is 0.537. The summed E-state index contributed by atoms with van der Waals surface area (Å²) in [6.07, 6.45) is 0.997. The lowest BCUT2D eigenvalue weighted by molar-refractivity contribution is -0.146. The van der Waals surface area contributed by atoms with Crippen molar-refractivity contribution in [2.45, 2.75) is 52.3 Å². The molecule has 6 nitrogen and oxygen atoms in total. The molecule has 0 saturated carbocycles. The number of carbonyl (C=O) groups excluding carboxylic acids is 2. The number of esters is 1. The molecule has 1 aliphatic heterocycles. The quantitative estimate of drug-likeness (QED) is 0.478. The fourth-order valence-electron chi connectivity index (χ4n) is 2.48. The molecule has 0 aliphatic carbocycles. The normalized spacial score (nSPS) is 21.0. The van der Waals surface area contributed by atoms with Gasteiger partial charge in [-0.3, -0.25) is 14.5 Å². The highest BCUT2D eigenvalue weighted by atomic mass is 16.5. The van der Waals surface area contributed by atoms with E-state index in [9.17, 15) is 14.7 Å². The number of aliphatic hydroxyl groups excluding tert-OH is 1. The lowest BCUT2D eigenvalue weighted by Gasteiger charge is -2.21. The molecule has 0 bridgehead atoms. The Hall–Kier alpha value is -0.980. The molecule has 0 radical (unpaired) electrons. The van der Waals surface area contributed by atoms with Crippen LogP contribution in [0.25, 0.3) is 0 Å². The van der Waals surface area contributed by atoms with E-state index in [1.54, 1.807) is 11.8 Å². The van der Waals surface area contributed by atoms with Crippen molar-refractivity contribution < 1.29 is 19.4 Å². The van der Waals surface area contributed by atoms with Gasteiger partial charge >= 0.3 is 5.97 Å². The molecule has 2 N–H and O–H groups in total. The summed E-state index contributed by atoms with van der Waals surface area (Å²) >= 11 is 0. The Kier molecular flexibility index (Phi) is 7.85. The minimum atomic E-state index is -0.943. The zero-order valence-electron chi connectivity index (χ0n) is 13.3. The SMILES string of the molecule is CCOC(=O)[C@H](CC(C)C)NCCCN1CCC(=O)C1O. The van der Waals surface area contributed by atoms with Crippen molar-refractivity contribution in [3.05, 3.63) is 0 Å². The summed E-state index contributed by atoms with van der Waals surface area (Å²) in [5, 5.41) is 12.8. The van der Waals surface area contributed by atoms with Crippen LogP contribution >= 0.6 is 0 Å². The summed E-state index contributed by atoms with van der Waals surface area (Å²) in [7, 11) is 0. The molecule has 6 heteroatoms. The van der Waals surface area contributed by atoms with Gasteiger partial charge < -0.3 is 15.2 Å². The number of hydrogen-bond acceptors (Lipinski definition) is 6. The number of Topliss-reactive ketones (excluding diaryl/α,β-unsaturated/α-hetero) is 1. The highest BCUT2D eigenvalue weighted by Crippen LogP contribution is 2.11. The number of rotatable bonds is 9. The molecule has 1 rings (SSSR count). The maximum absolute atomic E-state index is 11.8. The van der Waals surface area contributed by atoms with E-state index in [4.69, 9.17) is 4.74 Å². The molecule has 0 aromatic heterocycles. The van der Waals surface area contributed by atoms with Gasteiger partial charge in [-0.1, -0.05) is 13.8 Å². The number of ether oxygens (including phenoxy) is 1. The molecular weight excluding hydrogens is 272 g/mol. The summed E-state index contributed by atoms with van der Waals surface area (Å²) in [6, 6.07) is -0.282. The van der Waals surface area contributed by atoms with Gasteiger partial charge in [-0.05, 0) is 32.2 Å². The Morgan fingerprint density at radius 1 is 1.52 bits per heavy atom. The van der Waals surface area contributed by atoms with Crippen molar-refractivity contribution >= 4 is 11.8 Å². The highest BCUT2D eigenvalue weighted by Gasteiger charge is 2.29. The van der Waals surface area contributed by atoms with Gasteiger partial charge in [0.05, 0.1) is 6.61 Å². The van der Waals surface area contributed by atoms with Gasteiger partial charge in [-0.25, -0.2) is 0 Å². The second-order valence-electron chi connectivity index (χ2n) is 5.87. The fraction of sp³-hybridized carbons (Fsp3) is 0.867. The van der Waals surface area contributed by atoms with Gasteiger partial charge in [-0.2, -0.15) is 0 Å². The maximum Gasteiger partial charge on any atom is 0.323 e. The Morgan fingerprint density at radius 3 is 2.76 bits per heavy atom. The van der Waals surface area contributed by atoms with Crippen LogP contribution in [-0.2, 0) is 14.3 Å². The smallest absolute Gasteiger partial charge is 0.323 e. The van der Waals surface area contributed by atoms with Crippen LogP contribution < -0.4 is 5.32 Å². The van der Waals surface area contributed by atoms with Crippen molar-refractivity contribution in [2.75, 3.05) is 26.2 Å². The zero-order valence-corrected chi connectivity index (χ0v) is 13.3. The first-order valence-electron chi connectivity index (χ1n) is 7.80. The molecule has 1 unspecified atom stereocenters. The van der Waals surface area contributed by atoms with E-state index in [1.807, 2.05) is 0 Å². The largest absolute Gasteiger partial charge is 0.465 e.